The molecule has 0 aliphatic rings. The summed E-state index contributed by atoms with van der Waals surface area (Å²) in [5.74, 6) is -4.70. The Hall–Kier alpha value is -1.04. The largest absolute Gasteiger partial charge is 0.322 e. The van der Waals surface area contributed by atoms with Crippen LogP contribution in [0.5, 0.6) is 0 Å². The van der Waals surface area contributed by atoms with Crippen molar-refractivity contribution in [3.63, 3.8) is 0 Å². The molecule has 1 aromatic heterocycles. The molecular weight excluding hydrogens is 258 g/mol. The molecule has 0 atom stereocenters. The molecule has 0 aliphatic heterocycles. The zero-order valence-electron chi connectivity index (χ0n) is 7.22. The third-order valence-corrected chi connectivity index (χ3v) is 2.03. The summed E-state index contributed by atoms with van der Waals surface area (Å²) in [6, 6.07) is 3.21. The Morgan fingerprint density at radius 1 is 1.64 bits per heavy atom. The van der Waals surface area contributed by atoms with Crippen LogP contribution in [0.15, 0.2) is 22.8 Å². The van der Waals surface area contributed by atoms with Crippen LogP contribution >= 0.6 is 15.9 Å². The highest BCUT2D eigenvalue weighted by Gasteiger charge is 2.32. The highest BCUT2D eigenvalue weighted by Crippen LogP contribution is 2.21. The third-order valence-electron chi connectivity index (χ3n) is 1.39. The van der Waals surface area contributed by atoms with E-state index in [1.165, 1.54) is 6.20 Å². The van der Waals surface area contributed by atoms with Crippen molar-refractivity contribution in [2.75, 3.05) is 5.32 Å². The van der Waals surface area contributed by atoms with Gasteiger partial charge in [-0.2, -0.15) is 8.78 Å². The highest BCUT2D eigenvalue weighted by molar-refractivity contribution is 9.10. The first-order valence-corrected chi connectivity index (χ1v) is 4.50. The molecule has 1 N–H and O–H groups in total. The van der Waals surface area contributed by atoms with E-state index in [2.05, 4.69) is 20.9 Å². The Morgan fingerprint density at radius 2 is 2.29 bits per heavy atom. The maximum Gasteiger partial charge on any atom is 0.322 e. The van der Waals surface area contributed by atoms with E-state index >= 15 is 0 Å². The first-order valence-electron chi connectivity index (χ1n) is 3.71. The minimum Gasteiger partial charge on any atom is -0.304 e. The number of amides is 1. The first kappa shape index (κ1) is 11.0. The van der Waals surface area contributed by atoms with E-state index in [0.29, 0.717) is 11.4 Å². The molecule has 1 rings (SSSR count). The minimum absolute atomic E-state index is 0.0824. The number of nitrogens with zero attached hydrogens (tertiary/aromatic N) is 1. The minimum atomic E-state index is -3.41. The Balaban J connectivity index is 2.80. The molecule has 0 saturated heterocycles. The lowest BCUT2D eigenvalue weighted by atomic mass is 10.3. The Morgan fingerprint density at radius 3 is 2.79 bits per heavy atom. The smallest absolute Gasteiger partial charge is 0.304 e. The summed E-state index contributed by atoms with van der Waals surface area (Å²) in [6.07, 6.45) is 1.40. The van der Waals surface area contributed by atoms with Crippen LogP contribution in [-0.2, 0) is 4.79 Å². The van der Waals surface area contributed by atoms with Gasteiger partial charge in [-0.25, -0.2) is 4.98 Å². The second-order valence-corrected chi connectivity index (χ2v) is 3.53. The number of anilines is 1. The number of nitrogens with one attached hydrogen (secondary N) is 1. The van der Waals surface area contributed by atoms with Crippen LogP contribution in [0.1, 0.15) is 6.92 Å². The topological polar surface area (TPSA) is 42.0 Å². The predicted octanol–water partition coefficient (Wildman–Crippen LogP) is 2.44. The molecule has 14 heavy (non-hydrogen) atoms. The van der Waals surface area contributed by atoms with Gasteiger partial charge in [-0.3, -0.25) is 4.79 Å². The van der Waals surface area contributed by atoms with Crippen molar-refractivity contribution in [3.8, 4) is 0 Å². The van der Waals surface area contributed by atoms with E-state index in [1.54, 1.807) is 12.1 Å². The predicted molar refractivity (Wildman–Crippen MR) is 51.2 cm³/mol. The van der Waals surface area contributed by atoms with Crippen molar-refractivity contribution < 1.29 is 13.6 Å². The fourth-order valence-corrected chi connectivity index (χ4v) is 1.05. The second kappa shape index (κ2) is 4.00. The van der Waals surface area contributed by atoms with Crippen LogP contribution in [0.2, 0.25) is 0 Å². The summed E-state index contributed by atoms with van der Waals surface area (Å²) in [6.45, 7) is 0.527. The van der Waals surface area contributed by atoms with Crippen molar-refractivity contribution in [1.29, 1.82) is 0 Å². The van der Waals surface area contributed by atoms with E-state index in [9.17, 15) is 13.6 Å². The summed E-state index contributed by atoms with van der Waals surface area (Å²) < 4.78 is 25.4. The molecule has 0 saturated carbocycles. The van der Waals surface area contributed by atoms with Crippen molar-refractivity contribution in [2.24, 2.45) is 0 Å². The van der Waals surface area contributed by atoms with Gasteiger partial charge in [-0.05, 0) is 28.1 Å². The van der Waals surface area contributed by atoms with Crippen molar-refractivity contribution >= 4 is 27.7 Å². The van der Waals surface area contributed by atoms with E-state index in [-0.39, 0.29) is 5.82 Å². The number of hydrogen-bond donors (Lipinski definition) is 1. The standard InChI is InChI=1S/C8H7BrF2N2O/c1-8(10,11)7(14)13-6-5(9)3-2-4-12-6/h2-4H,1H3,(H,12,13,14). The molecule has 1 heterocycles. The second-order valence-electron chi connectivity index (χ2n) is 2.68. The van der Waals surface area contributed by atoms with E-state index < -0.39 is 11.8 Å². The summed E-state index contributed by atoms with van der Waals surface area (Å²) in [5, 5.41) is 2.00. The number of aromatic nitrogens is 1. The van der Waals surface area contributed by atoms with Crippen molar-refractivity contribution in [2.45, 2.75) is 12.8 Å². The van der Waals surface area contributed by atoms with Crippen molar-refractivity contribution in [3.05, 3.63) is 22.8 Å². The normalized spacial score (nSPS) is 11.1. The highest BCUT2D eigenvalue weighted by atomic mass is 79.9. The average molecular weight is 265 g/mol. The Bertz CT molecular complexity index is 351. The Kier molecular flexibility index (Phi) is 3.15. The van der Waals surface area contributed by atoms with Gasteiger partial charge in [0.25, 0.3) is 5.91 Å². The maximum atomic E-state index is 12.5. The fraction of sp³-hybridized carbons (Fsp3) is 0.250. The zero-order valence-corrected chi connectivity index (χ0v) is 8.81. The zero-order chi connectivity index (χ0) is 10.8. The van der Waals surface area contributed by atoms with Gasteiger partial charge in [0.1, 0.15) is 5.82 Å². The molecule has 0 fully saturated rings. The summed E-state index contributed by atoms with van der Waals surface area (Å²) in [4.78, 5) is 14.6. The first-order chi connectivity index (χ1) is 6.41. The number of alkyl halides is 2. The molecule has 0 radical (unpaired) electrons. The number of hydrogen-bond acceptors (Lipinski definition) is 2. The van der Waals surface area contributed by atoms with Gasteiger partial charge in [0.2, 0.25) is 0 Å². The van der Waals surface area contributed by atoms with Gasteiger partial charge in [0.05, 0.1) is 4.47 Å². The van der Waals surface area contributed by atoms with Crippen LogP contribution in [0.25, 0.3) is 0 Å². The number of pyridine rings is 1. The van der Waals surface area contributed by atoms with Crippen LogP contribution in [0, 0.1) is 0 Å². The molecule has 0 aromatic carbocycles. The maximum absolute atomic E-state index is 12.5. The molecule has 0 unspecified atom stereocenters. The summed E-state index contributed by atoms with van der Waals surface area (Å²) in [5.41, 5.74) is 0. The molecule has 0 bridgehead atoms. The van der Waals surface area contributed by atoms with Gasteiger partial charge in [-0.15, -0.1) is 0 Å². The number of rotatable bonds is 2. The van der Waals surface area contributed by atoms with Gasteiger partial charge in [0, 0.05) is 13.1 Å². The van der Waals surface area contributed by atoms with Crippen LogP contribution in [0.4, 0.5) is 14.6 Å². The lowest BCUT2D eigenvalue weighted by Gasteiger charge is -2.10. The van der Waals surface area contributed by atoms with Crippen LogP contribution in [-0.4, -0.2) is 16.8 Å². The molecule has 1 amide bonds. The number of halogens is 3. The fourth-order valence-electron chi connectivity index (χ4n) is 0.695. The lowest BCUT2D eigenvalue weighted by Crippen LogP contribution is -2.31. The molecule has 1 aromatic rings. The lowest BCUT2D eigenvalue weighted by molar-refractivity contribution is -0.137. The van der Waals surface area contributed by atoms with Crippen LogP contribution in [0.3, 0.4) is 0 Å². The van der Waals surface area contributed by atoms with Gasteiger partial charge in [-0.1, -0.05) is 0 Å². The molecule has 76 valence electrons. The number of carbonyl (C=O) groups is 1. The third kappa shape index (κ3) is 2.73. The molecule has 6 heteroatoms. The Labute approximate surface area is 87.7 Å². The SMILES string of the molecule is CC(F)(F)C(=O)Nc1ncccc1Br. The molecular formula is C8H7BrF2N2O. The molecule has 3 nitrogen and oxygen atoms in total. The van der Waals surface area contributed by atoms with E-state index in [4.69, 9.17) is 0 Å². The monoisotopic (exact) mass is 264 g/mol. The van der Waals surface area contributed by atoms with Crippen molar-refractivity contribution in [1.82, 2.24) is 4.98 Å². The van der Waals surface area contributed by atoms with Gasteiger partial charge < -0.3 is 5.32 Å². The number of carbonyl (C=O) groups excluding carboxylic acids is 1. The van der Waals surface area contributed by atoms with Crippen LogP contribution < -0.4 is 5.32 Å². The summed E-state index contributed by atoms with van der Waals surface area (Å²) in [7, 11) is 0. The molecule has 0 aliphatic carbocycles. The quantitative estimate of drug-likeness (QED) is 0.892. The van der Waals surface area contributed by atoms with E-state index in [1.807, 2.05) is 5.32 Å². The van der Waals surface area contributed by atoms with E-state index in [0.717, 1.165) is 0 Å². The summed E-state index contributed by atoms with van der Waals surface area (Å²) >= 11 is 3.07. The van der Waals surface area contributed by atoms with Gasteiger partial charge in [0.15, 0.2) is 0 Å². The van der Waals surface area contributed by atoms with Gasteiger partial charge >= 0.3 is 5.92 Å². The molecule has 0 spiro atoms. The average Bonchev–Trinajstić information content (AvgIpc) is 2.07.